The Balaban J connectivity index is 1.79. The number of para-hydroxylation sites is 1. The van der Waals surface area contributed by atoms with Gasteiger partial charge in [-0.3, -0.25) is 0 Å². The molecule has 1 heterocycles. The molecule has 122 valence electrons. The average Bonchev–Trinajstić information content (AvgIpc) is 2.93. The van der Waals surface area contributed by atoms with E-state index in [-0.39, 0.29) is 6.61 Å². The normalized spacial score (nSPS) is 11.1. The number of H-pyrrole nitrogens is 1. The summed E-state index contributed by atoms with van der Waals surface area (Å²) < 4.78 is 7.52. The van der Waals surface area contributed by atoms with E-state index in [1.165, 1.54) is 4.68 Å². The molecule has 0 saturated carbocycles. The molecule has 2 aromatic carbocycles. The molecule has 0 unspecified atom stereocenters. The van der Waals surface area contributed by atoms with Crippen molar-refractivity contribution in [2.75, 3.05) is 0 Å². The Morgan fingerprint density at radius 3 is 2.75 bits per heavy atom. The fourth-order valence-corrected chi connectivity index (χ4v) is 2.58. The van der Waals surface area contributed by atoms with Crippen LogP contribution in [0.2, 0.25) is 10.0 Å². The van der Waals surface area contributed by atoms with Crippen LogP contribution in [0.1, 0.15) is 11.4 Å². The highest BCUT2D eigenvalue weighted by atomic mass is 35.5. The molecule has 0 fully saturated rings. The van der Waals surface area contributed by atoms with E-state index >= 15 is 0 Å². The monoisotopic (exact) mass is 378 g/mol. The molecule has 24 heavy (non-hydrogen) atoms. The highest BCUT2D eigenvalue weighted by molar-refractivity contribution is 7.71. The van der Waals surface area contributed by atoms with Crippen LogP contribution < -0.4 is 4.74 Å². The summed E-state index contributed by atoms with van der Waals surface area (Å²) in [6.07, 6.45) is 1.59. The minimum absolute atomic E-state index is 0.225. The maximum atomic E-state index is 6.13. The molecule has 0 bridgehead atoms. The number of nitrogens with zero attached hydrogens (tertiary/aromatic N) is 3. The molecule has 1 N–H and O–H groups in total. The Morgan fingerprint density at radius 1 is 1.21 bits per heavy atom. The van der Waals surface area contributed by atoms with Crippen molar-refractivity contribution >= 4 is 41.6 Å². The standard InChI is InChI=1S/C16H12Cl2N4OS/c17-12-7-6-11(14(18)8-12)9-19-22-15(20-21-16(22)24)10-23-13-4-2-1-3-5-13/h1-9H,10H2,(H,21,24)/b19-9+. The van der Waals surface area contributed by atoms with Gasteiger partial charge in [-0.25, -0.2) is 5.10 Å². The smallest absolute Gasteiger partial charge is 0.216 e. The zero-order chi connectivity index (χ0) is 16.9. The van der Waals surface area contributed by atoms with Crippen molar-refractivity contribution in [2.24, 2.45) is 5.10 Å². The maximum absolute atomic E-state index is 6.13. The fourth-order valence-electron chi connectivity index (χ4n) is 1.93. The summed E-state index contributed by atoms with van der Waals surface area (Å²) in [6.45, 7) is 0.225. The summed E-state index contributed by atoms with van der Waals surface area (Å²) in [7, 11) is 0. The molecular weight excluding hydrogens is 367 g/mol. The molecular formula is C16H12Cl2N4OS. The first-order chi connectivity index (χ1) is 11.6. The van der Waals surface area contributed by atoms with Crippen molar-refractivity contribution in [1.82, 2.24) is 14.9 Å². The quantitative estimate of drug-likeness (QED) is 0.516. The molecule has 5 nitrogen and oxygen atoms in total. The van der Waals surface area contributed by atoms with Crippen molar-refractivity contribution in [3.05, 3.63) is 74.7 Å². The number of halogens is 2. The first kappa shape index (κ1) is 16.7. The SMILES string of the molecule is S=c1[nH]nc(COc2ccccc2)n1/N=C/c1ccc(Cl)cc1Cl. The first-order valence-electron chi connectivity index (χ1n) is 6.97. The Bertz CT molecular complexity index is 921. The second kappa shape index (κ2) is 7.61. The Morgan fingerprint density at radius 2 is 2.00 bits per heavy atom. The van der Waals surface area contributed by atoms with Crippen LogP contribution in [-0.4, -0.2) is 21.1 Å². The van der Waals surface area contributed by atoms with Gasteiger partial charge in [0.25, 0.3) is 0 Å². The second-order valence-electron chi connectivity index (χ2n) is 4.77. The summed E-state index contributed by atoms with van der Waals surface area (Å²) >= 11 is 17.2. The van der Waals surface area contributed by atoms with Gasteiger partial charge in [0.2, 0.25) is 4.77 Å². The van der Waals surface area contributed by atoms with Crippen molar-refractivity contribution in [1.29, 1.82) is 0 Å². The summed E-state index contributed by atoms with van der Waals surface area (Å²) in [6, 6.07) is 14.6. The van der Waals surface area contributed by atoms with Gasteiger partial charge in [-0.2, -0.15) is 14.9 Å². The molecule has 8 heteroatoms. The highest BCUT2D eigenvalue weighted by Crippen LogP contribution is 2.19. The van der Waals surface area contributed by atoms with Crippen LogP contribution in [0.4, 0.5) is 0 Å². The van der Waals surface area contributed by atoms with Crippen LogP contribution in [-0.2, 0) is 6.61 Å². The minimum atomic E-state index is 0.225. The van der Waals surface area contributed by atoms with E-state index in [1.54, 1.807) is 24.4 Å². The maximum Gasteiger partial charge on any atom is 0.216 e. The molecule has 1 aromatic heterocycles. The van der Waals surface area contributed by atoms with Gasteiger partial charge in [0.1, 0.15) is 12.4 Å². The number of nitrogens with one attached hydrogen (secondary N) is 1. The topological polar surface area (TPSA) is 55.2 Å². The van der Waals surface area contributed by atoms with Gasteiger partial charge in [0.15, 0.2) is 5.82 Å². The van der Waals surface area contributed by atoms with E-state index in [9.17, 15) is 0 Å². The van der Waals surface area contributed by atoms with E-state index in [0.717, 1.165) is 11.3 Å². The van der Waals surface area contributed by atoms with E-state index in [2.05, 4.69) is 15.3 Å². The molecule has 3 rings (SSSR count). The van der Waals surface area contributed by atoms with E-state index in [1.807, 2.05) is 30.3 Å². The van der Waals surface area contributed by atoms with Crippen LogP contribution in [0, 0.1) is 4.77 Å². The molecule has 0 spiro atoms. The largest absolute Gasteiger partial charge is 0.486 e. The number of aromatic amines is 1. The van der Waals surface area contributed by atoms with E-state index in [0.29, 0.717) is 20.6 Å². The van der Waals surface area contributed by atoms with Crippen molar-refractivity contribution in [3.8, 4) is 5.75 Å². The molecule has 0 amide bonds. The molecule has 0 aliphatic heterocycles. The summed E-state index contributed by atoms with van der Waals surface area (Å²) in [4.78, 5) is 0. The number of hydrogen-bond donors (Lipinski definition) is 1. The first-order valence-corrected chi connectivity index (χ1v) is 8.13. The number of hydrogen-bond acceptors (Lipinski definition) is 4. The average molecular weight is 379 g/mol. The van der Waals surface area contributed by atoms with Gasteiger partial charge in [-0.05, 0) is 36.5 Å². The molecule has 0 aliphatic carbocycles. The summed E-state index contributed by atoms with van der Waals surface area (Å²) in [5.74, 6) is 1.29. The predicted molar refractivity (Wildman–Crippen MR) is 97.6 cm³/mol. The van der Waals surface area contributed by atoms with Gasteiger partial charge in [-0.1, -0.05) is 47.5 Å². The Labute approximate surface area is 153 Å². The lowest BCUT2D eigenvalue weighted by Gasteiger charge is -2.05. The van der Waals surface area contributed by atoms with Crippen LogP contribution in [0.5, 0.6) is 5.75 Å². The van der Waals surface area contributed by atoms with Crippen molar-refractivity contribution in [3.63, 3.8) is 0 Å². The fraction of sp³-hybridized carbons (Fsp3) is 0.0625. The second-order valence-corrected chi connectivity index (χ2v) is 6.00. The van der Waals surface area contributed by atoms with Crippen LogP contribution in [0.3, 0.4) is 0 Å². The van der Waals surface area contributed by atoms with Gasteiger partial charge < -0.3 is 4.74 Å². The Kier molecular flexibility index (Phi) is 5.30. The van der Waals surface area contributed by atoms with Gasteiger partial charge in [0.05, 0.1) is 11.2 Å². The predicted octanol–water partition coefficient (Wildman–Crippen LogP) is 4.71. The van der Waals surface area contributed by atoms with E-state index in [4.69, 9.17) is 40.2 Å². The number of ether oxygens (including phenoxy) is 1. The van der Waals surface area contributed by atoms with Crippen LogP contribution in [0.15, 0.2) is 53.6 Å². The minimum Gasteiger partial charge on any atom is -0.486 e. The van der Waals surface area contributed by atoms with Gasteiger partial charge in [-0.15, -0.1) is 0 Å². The zero-order valence-corrected chi connectivity index (χ0v) is 14.6. The lowest BCUT2D eigenvalue weighted by Crippen LogP contribution is -2.04. The molecule has 0 radical (unpaired) electrons. The molecule has 0 atom stereocenters. The van der Waals surface area contributed by atoms with Crippen molar-refractivity contribution in [2.45, 2.75) is 6.61 Å². The highest BCUT2D eigenvalue weighted by Gasteiger charge is 2.06. The lowest BCUT2D eigenvalue weighted by molar-refractivity contribution is 0.290. The third-order valence-electron chi connectivity index (χ3n) is 3.10. The van der Waals surface area contributed by atoms with Crippen molar-refractivity contribution < 1.29 is 4.74 Å². The van der Waals surface area contributed by atoms with Crippen LogP contribution in [0.25, 0.3) is 0 Å². The van der Waals surface area contributed by atoms with E-state index < -0.39 is 0 Å². The number of rotatable bonds is 5. The third kappa shape index (κ3) is 4.03. The molecule has 0 saturated heterocycles. The summed E-state index contributed by atoms with van der Waals surface area (Å²) in [5.41, 5.74) is 0.721. The molecule has 0 aliphatic rings. The molecule has 3 aromatic rings. The number of aromatic nitrogens is 3. The Hall–Kier alpha value is -2.15. The zero-order valence-electron chi connectivity index (χ0n) is 12.3. The number of benzene rings is 2. The third-order valence-corrected chi connectivity index (χ3v) is 3.93. The lowest BCUT2D eigenvalue weighted by atomic mass is 10.2. The summed E-state index contributed by atoms with van der Waals surface area (Å²) in [5, 5.41) is 12.2. The van der Waals surface area contributed by atoms with Crippen LogP contribution >= 0.6 is 35.4 Å². The van der Waals surface area contributed by atoms with Gasteiger partial charge >= 0.3 is 0 Å². The van der Waals surface area contributed by atoms with Gasteiger partial charge in [0, 0.05) is 10.6 Å².